The van der Waals surface area contributed by atoms with Gasteiger partial charge in [0.2, 0.25) is 0 Å². The van der Waals surface area contributed by atoms with Crippen molar-refractivity contribution in [2.75, 3.05) is 5.88 Å². The molecule has 4 nitrogen and oxygen atoms in total. The first kappa shape index (κ1) is 15.8. The van der Waals surface area contributed by atoms with Crippen molar-refractivity contribution in [3.63, 3.8) is 0 Å². The van der Waals surface area contributed by atoms with Crippen molar-refractivity contribution in [2.24, 2.45) is 5.41 Å². The Morgan fingerprint density at radius 3 is 2.68 bits per heavy atom. The largest absolute Gasteiger partial charge is 0.387 e. The van der Waals surface area contributed by atoms with Crippen molar-refractivity contribution in [1.82, 2.24) is 14.8 Å². The minimum atomic E-state index is -0.976. The summed E-state index contributed by atoms with van der Waals surface area (Å²) in [6.07, 6.45) is 4.86. The van der Waals surface area contributed by atoms with Gasteiger partial charge in [0, 0.05) is 22.2 Å². The number of aromatic nitrogens is 3. The van der Waals surface area contributed by atoms with E-state index in [2.05, 4.69) is 10.1 Å². The minimum Gasteiger partial charge on any atom is -0.387 e. The van der Waals surface area contributed by atoms with Crippen LogP contribution < -0.4 is 0 Å². The molecule has 0 amide bonds. The molecule has 6 heteroatoms. The van der Waals surface area contributed by atoms with Gasteiger partial charge in [0.15, 0.2) is 0 Å². The second-order valence-electron chi connectivity index (χ2n) is 6.35. The fourth-order valence-corrected chi connectivity index (χ4v) is 4.01. The van der Waals surface area contributed by atoms with Crippen LogP contribution >= 0.6 is 23.2 Å². The lowest BCUT2D eigenvalue weighted by Gasteiger charge is -2.42. The van der Waals surface area contributed by atoms with Crippen LogP contribution in [0.2, 0.25) is 5.02 Å². The molecule has 1 N–H and O–H groups in total. The fraction of sp³-hybridized carbons (Fsp3) is 0.500. The number of hydrogen-bond acceptors (Lipinski definition) is 3. The predicted octanol–water partition coefficient (Wildman–Crippen LogP) is 3.49. The average molecular weight is 340 g/mol. The maximum absolute atomic E-state index is 11.6. The quantitative estimate of drug-likeness (QED) is 0.867. The van der Waals surface area contributed by atoms with Crippen molar-refractivity contribution >= 4 is 23.2 Å². The van der Waals surface area contributed by atoms with Crippen LogP contribution in [0, 0.1) is 5.41 Å². The highest BCUT2D eigenvalue weighted by atomic mass is 35.5. The Balaban J connectivity index is 1.99. The van der Waals surface area contributed by atoms with Gasteiger partial charge in [-0.15, -0.1) is 11.6 Å². The third kappa shape index (κ3) is 2.53. The molecule has 3 unspecified atom stereocenters. The molecule has 3 rings (SSSR count). The number of rotatable bonds is 4. The first-order valence-electron chi connectivity index (χ1n) is 7.35. The standard InChI is InChI=1S/C16H19Cl2N3O/c1-15(8-17)7-6-14(12-2-4-13(18)5-3-12)16(15,22)9-21-11-19-10-20-21/h2-5,10-11,14,22H,6-9H2,1H3. The Bertz CT molecular complexity index is 631. The van der Waals surface area contributed by atoms with Crippen molar-refractivity contribution in [2.45, 2.75) is 37.8 Å². The number of aliphatic hydroxyl groups is 1. The zero-order valence-electron chi connectivity index (χ0n) is 12.4. The smallest absolute Gasteiger partial charge is 0.137 e. The molecule has 0 radical (unpaired) electrons. The zero-order valence-corrected chi connectivity index (χ0v) is 13.9. The summed E-state index contributed by atoms with van der Waals surface area (Å²) in [4.78, 5) is 3.97. The van der Waals surface area contributed by atoms with Gasteiger partial charge in [-0.1, -0.05) is 30.7 Å². The Kier molecular flexibility index (Phi) is 4.19. The molecule has 0 aliphatic heterocycles. The summed E-state index contributed by atoms with van der Waals surface area (Å²) in [6.45, 7) is 2.43. The molecular formula is C16H19Cl2N3O. The lowest BCUT2D eigenvalue weighted by molar-refractivity contribution is -0.0695. The van der Waals surface area contributed by atoms with E-state index < -0.39 is 5.60 Å². The monoisotopic (exact) mass is 339 g/mol. The molecule has 0 spiro atoms. The van der Waals surface area contributed by atoms with E-state index in [1.54, 1.807) is 11.0 Å². The van der Waals surface area contributed by atoms with Gasteiger partial charge in [-0.05, 0) is 30.5 Å². The lowest BCUT2D eigenvalue weighted by atomic mass is 9.72. The van der Waals surface area contributed by atoms with Crippen molar-refractivity contribution in [3.8, 4) is 0 Å². The minimum absolute atomic E-state index is 0.00211. The zero-order chi connectivity index (χ0) is 15.8. The number of benzene rings is 1. The molecular weight excluding hydrogens is 321 g/mol. The first-order valence-corrected chi connectivity index (χ1v) is 8.26. The molecule has 1 heterocycles. The Morgan fingerprint density at radius 1 is 1.36 bits per heavy atom. The van der Waals surface area contributed by atoms with Gasteiger partial charge in [-0.2, -0.15) is 5.10 Å². The number of hydrogen-bond donors (Lipinski definition) is 1. The highest BCUT2D eigenvalue weighted by Gasteiger charge is 2.57. The summed E-state index contributed by atoms with van der Waals surface area (Å²) >= 11 is 12.2. The number of halogens is 2. The van der Waals surface area contributed by atoms with Crippen LogP contribution in [0.1, 0.15) is 31.2 Å². The Labute approximate surface area is 140 Å². The van der Waals surface area contributed by atoms with E-state index in [4.69, 9.17) is 23.2 Å². The topological polar surface area (TPSA) is 50.9 Å². The SMILES string of the molecule is CC1(CCl)CCC(c2ccc(Cl)cc2)C1(O)Cn1cncn1. The summed E-state index contributed by atoms with van der Waals surface area (Å²) < 4.78 is 1.68. The van der Waals surface area contributed by atoms with Crippen LogP contribution in [0.15, 0.2) is 36.9 Å². The van der Waals surface area contributed by atoms with Gasteiger partial charge in [0.25, 0.3) is 0 Å². The Morgan fingerprint density at radius 2 is 2.09 bits per heavy atom. The number of alkyl halides is 1. The van der Waals surface area contributed by atoms with Crippen LogP contribution in [0.25, 0.3) is 0 Å². The molecule has 3 atom stereocenters. The molecule has 1 saturated carbocycles. The van der Waals surface area contributed by atoms with Gasteiger partial charge in [-0.25, -0.2) is 4.98 Å². The van der Waals surface area contributed by atoms with Crippen molar-refractivity contribution in [1.29, 1.82) is 0 Å². The van der Waals surface area contributed by atoms with E-state index in [0.29, 0.717) is 17.4 Å². The maximum Gasteiger partial charge on any atom is 0.137 e. The summed E-state index contributed by atoms with van der Waals surface area (Å²) in [5, 5.41) is 16.4. The predicted molar refractivity (Wildman–Crippen MR) is 87.2 cm³/mol. The van der Waals surface area contributed by atoms with Crippen LogP contribution in [0.4, 0.5) is 0 Å². The summed E-state index contributed by atoms with van der Waals surface area (Å²) in [5.41, 5.74) is -0.262. The van der Waals surface area contributed by atoms with Gasteiger partial charge in [0.1, 0.15) is 12.7 Å². The second-order valence-corrected chi connectivity index (χ2v) is 7.06. The molecule has 1 fully saturated rings. The molecule has 0 saturated heterocycles. The van der Waals surface area contributed by atoms with E-state index in [-0.39, 0.29) is 11.3 Å². The van der Waals surface area contributed by atoms with Gasteiger partial charge in [0.05, 0.1) is 12.1 Å². The molecule has 1 aliphatic carbocycles. The Hall–Kier alpha value is -1.10. The summed E-state index contributed by atoms with van der Waals surface area (Å²) in [5.74, 6) is 0.403. The molecule has 1 aromatic carbocycles. The van der Waals surface area contributed by atoms with E-state index in [9.17, 15) is 5.11 Å². The molecule has 1 aromatic heterocycles. The third-order valence-electron chi connectivity index (χ3n) is 5.04. The highest BCUT2D eigenvalue weighted by Crippen LogP contribution is 2.55. The van der Waals surface area contributed by atoms with E-state index in [1.807, 2.05) is 31.2 Å². The lowest BCUT2D eigenvalue weighted by Crippen LogP contribution is -2.50. The second kappa shape index (κ2) is 5.84. The first-order chi connectivity index (χ1) is 10.5. The van der Waals surface area contributed by atoms with Gasteiger partial charge < -0.3 is 5.11 Å². The molecule has 22 heavy (non-hydrogen) atoms. The number of nitrogens with zero attached hydrogens (tertiary/aromatic N) is 3. The van der Waals surface area contributed by atoms with E-state index >= 15 is 0 Å². The fourth-order valence-electron chi connectivity index (χ4n) is 3.52. The van der Waals surface area contributed by atoms with E-state index in [0.717, 1.165) is 18.4 Å². The normalized spacial score (nSPS) is 31.5. The molecule has 118 valence electrons. The third-order valence-corrected chi connectivity index (χ3v) is 5.89. The van der Waals surface area contributed by atoms with Crippen LogP contribution in [-0.2, 0) is 6.54 Å². The maximum atomic E-state index is 11.6. The van der Waals surface area contributed by atoms with Crippen molar-refractivity contribution < 1.29 is 5.11 Å². The summed E-state index contributed by atoms with van der Waals surface area (Å²) in [6, 6.07) is 7.70. The van der Waals surface area contributed by atoms with Crippen molar-refractivity contribution in [3.05, 3.63) is 47.5 Å². The molecule has 1 aliphatic rings. The highest BCUT2D eigenvalue weighted by molar-refractivity contribution is 6.30. The molecule has 2 aromatic rings. The van der Waals surface area contributed by atoms with E-state index in [1.165, 1.54) is 6.33 Å². The van der Waals surface area contributed by atoms with Gasteiger partial charge >= 0.3 is 0 Å². The van der Waals surface area contributed by atoms with Gasteiger partial charge in [-0.3, -0.25) is 4.68 Å². The molecule has 0 bridgehead atoms. The van der Waals surface area contributed by atoms with Crippen LogP contribution in [-0.4, -0.2) is 31.4 Å². The average Bonchev–Trinajstić information content (AvgIpc) is 3.09. The van der Waals surface area contributed by atoms with Crippen LogP contribution in [0.3, 0.4) is 0 Å². The van der Waals surface area contributed by atoms with Crippen LogP contribution in [0.5, 0.6) is 0 Å². The summed E-state index contributed by atoms with van der Waals surface area (Å²) in [7, 11) is 0.